The molecule has 1 unspecified atom stereocenters. The first-order chi connectivity index (χ1) is 12.9. The molecule has 1 atom stereocenters. The number of cyclic esters (lactones) is 1. The van der Waals surface area contributed by atoms with E-state index in [0.29, 0.717) is 16.8 Å². The van der Waals surface area contributed by atoms with Crippen LogP contribution < -0.4 is 11.2 Å². The minimum Gasteiger partial charge on any atom is -0.494 e. The number of aromatic hydroxyl groups is 1. The summed E-state index contributed by atoms with van der Waals surface area (Å²) in [5, 5.41) is 10.8. The zero-order valence-corrected chi connectivity index (χ0v) is 14.6. The summed E-state index contributed by atoms with van der Waals surface area (Å²) in [6.07, 6.45) is -1.09. The van der Waals surface area contributed by atoms with Gasteiger partial charge in [0.2, 0.25) is 5.88 Å². The van der Waals surface area contributed by atoms with Crippen LogP contribution in [-0.4, -0.2) is 20.6 Å². The van der Waals surface area contributed by atoms with E-state index in [9.17, 15) is 19.5 Å². The number of carbonyl (C=O) groups is 1. The van der Waals surface area contributed by atoms with Gasteiger partial charge in [-0.1, -0.05) is 30.3 Å². The number of nitrogens with zero attached hydrogens (tertiary/aromatic N) is 1. The minimum atomic E-state index is -1.09. The van der Waals surface area contributed by atoms with E-state index in [0.717, 1.165) is 15.7 Å². The molecule has 0 radical (unpaired) electrons. The smallest absolute Gasteiger partial charge is 0.339 e. The molecule has 7 nitrogen and oxygen atoms in total. The second-order valence-electron chi connectivity index (χ2n) is 6.42. The molecule has 1 aliphatic heterocycles. The predicted octanol–water partition coefficient (Wildman–Crippen LogP) is 2.11. The number of carbonyl (C=O) groups excluding carboxylic acids is 1. The Labute approximate surface area is 153 Å². The Morgan fingerprint density at radius 3 is 2.56 bits per heavy atom. The molecule has 3 aromatic rings. The average Bonchev–Trinajstić information content (AvgIpc) is 2.95. The maximum atomic E-state index is 12.5. The highest BCUT2D eigenvalue weighted by Gasteiger charge is 2.36. The van der Waals surface area contributed by atoms with E-state index in [-0.39, 0.29) is 5.56 Å². The molecule has 2 heterocycles. The van der Waals surface area contributed by atoms with E-state index in [4.69, 9.17) is 4.74 Å². The Hall–Kier alpha value is -3.61. The lowest BCUT2D eigenvalue weighted by Gasteiger charge is -2.17. The normalized spacial score (nSPS) is 15.5. The Kier molecular flexibility index (Phi) is 3.73. The number of rotatable bonds is 2. The highest BCUT2D eigenvalue weighted by molar-refractivity contribution is 5.94. The van der Waals surface area contributed by atoms with Gasteiger partial charge in [0.25, 0.3) is 5.56 Å². The van der Waals surface area contributed by atoms with Crippen molar-refractivity contribution >= 4 is 5.97 Å². The van der Waals surface area contributed by atoms with Crippen molar-refractivity contribution in [3.05, 3.63) is 91.1 Å². The Morgan fingerprint density at radius 1 is 1.04 bits per heavy atom. The number of benzene rings is 2. The fraction of sp³-hybridized carbons (Fsp3) is 0.150. The lowest BCUT2D eigenvalue weighted by Crippen LogP contribution is -2.33. The second kappa shape index (κ2) is 5.98. The largest absolute Gasteiger partial charge is 0.494 e. The number of aryl methyl sites for hydroxylation is 1. The summed E-state index contributed by atoms with van der Waals surface area (Å²) in [4.78, 5) is 39.2. The predicted molar refractivity (Wildman–Crippen MR) is 97.5 cm³/mol. The highest BCUT2D eigenvalue weighted by Crippen LogP contribution is 2.37. The summed E-state index contributed by atoms with van der Waals surface area (Å²) >= 11 is 0. The quantitative estimate of drug-likeness (QED) is 0.678. The van der Waals surface area contributed by atoms with Gasteiger partial charge < -0.3 is 9.84 Å². The SMILES string of the molecule is Cc1cccc(-n2c(O)c(C3OC(=O)c4ccccc43)c(=O)[nH]c2=O)c1C. The lowest BCUT2D eigenvalue weighted by molar-refractivity contribution is 0.0449. The van der Waals surface area contributed by atoms with Crippen molar-refractivity contribution in [1.82, 2.24) is 9.55 Å². The van der Waals surface area contributed by atoms with Crippen LogP contribution in [0.2, 0.25) is 0 Å². The Bertz CT molecular complexity index is 1210. The number of nitrogens with one attached hydrogen (secondary N) is 1. The Morgan fingerprint density at radius 2 is 1.78 bits per heavy atom. The lowest BCUT2D eigenvalue weighted by atomic mass is 10.0. The summed E-state index contributed by atoms with van der Waals surface area (Å²) in [5.74, 6) is -1.13. The molecule has 0 spiro atoms. The van der Waals surface area contributed by atoms with E-state index in [1.165, 1.54) is 0 Å². The summed E-state index contributed by atoms with van der Waals surface area (Å²) < 4.78 is 6.35. The van der Waals surface area contributed by atoms with Crippen LogP contribution >= 0.6 is 0 Å². The standard InChI is InChI=1S/C20H16N2O5/c1-10-6-5-9-14(11(10)2)22-18(24)15(17(23)21-20(22)26)16-12-7-3-4-8-13(12)19(25)27-16/h3-9,16,24H,1-2H3,(H,21,23,26). The van der Waals surface area contributed by atoms with Gasteiger partial charge in [-0.2, -0.15) is 0 Å². The average molecular weight is 364 g/mol. The van der Waals surface area contributed by atoms with Gasteiger partial charge in [0.05, 0.1) is 11.3 Å². The molecule has 0 fully saturated rings. The van der Waals surface area contributed by atoms with Gasteiger partial charge in [-0.15, -0.1) is 0 Å². The van der Waals surface area contributed by atoms with Gasteiger partial charge in [-0.25, -0.2) is 14.2 Å². The van der Waals surface area contributed by atoms with Crippen molar-refractivity contribution in [2.45, 2.75) is 20.0 Å². The first-order valence-corrected chi connectivity index (χ1v) is 8.35. The van der Waals surface area contributed by atoms with Crippen LogP contribution in [0.25, 0.3) is 5.69 Å². The van der Waals surface area contributed by atoms with Crippen LogP contribution in [0.1, 0.15) is 38.7 Å². The molecule has 2 N–H and O–H groups in total. The van der Waals surface area contributed by atoms with E-state index < -0.39 is 29.2 Å². The number of hydrogen-bond acceptors (Lipinski definition) is 5. The van der Waals surface area contributed by atoms with Crippen LogP contribution in [0.4, 0.5) is 0 Å². The number of hydrogen-bond donors (Lipinski definition) is 2. The third kappa shape index (κ3) is 2.47. The van der Waals surface area contributed by atoms with Gasteiger partial charge in [-0.05, 0) is 37.1 Å². The Balaban J connectivity index is 2.00. The molecule has 136 valence electrons. The number of aromatic amines is 1. The van der Waals surface area contributed by atoms with Crippen molar-refractivity contribution < 1.29 is 14.6 Å². The second-order valence-corrected chi connectivity index (χ2v) is 6.42. The van der Waals surface area contributed by atoms with Crippen LogP contribution in [0.3, 0.4) is 0 Å². The fourth-order valence-corrected chi connectivity index (χ4v) is 3.34. The molecule has 0 saturated heterocycles. The van der Waals surface area contributed by atoms with Gasteiger partial charge in [0.1, 0.15) is 5.56 Å². The highest BCUT2D eigenvalue weighted by atomic mass is 16.5. The summed E-state index contributed by atoms with van der Waals surface area (Å²) in [6, 6.07) is 11.9. The van der Waals surface area contributed by atoms with E-state index in [1.807, 2.05) is 19.9 Å². The number of H-pyrrole nitrogens is 1. The maximum Gasteiger partial charge on any atom is 0.339 e. The monoisotopic (exact) mass is 364 g/mol. The number of fused-ring (bicyclic) bond motifs is 1. The van der Waals surface area contributed by atoms with Crippen molar-refractivity contribution in [3.63, 3.8) is 0 Å². The third-order valence-electron chi connectivity index (χ3n) is 4.89. The van der Waals surface area contributed by atoms with Crippen molar-refractivity contribution in [2.75, 3.05) is 0 Å². The number of ether oxygens (including phenoxy) is 1. The molecule has 1 aliphatic rings. The summed E-state index contributed by atoms with van der Waals surface area (Å²) in [6.45, 7) is 3.69. The molecular formula is C20H16N2O5. The molecule has 4 rings (SSSR count). The van der Waals surface area contributed by atoms with Crippen molar-refractivity contribution in [3.8, 4) is 11.6 Å². The number of aromatic nitrogens is 2. The van der Waals surface area contributed by atoms with E-state index in [1.54, 1.807) is 36.4 Å². The zero-order valence-electron chi connectivity index (χ0n) is 14.6. The van der Waals surface area contributed by atoms with Crippen LogP contribution in [0, 0.1) is 13.8 Å². The summed E-state index contributed by atoms with van der Waals surface area (Å²) in [7, 11) is 0. The van der Waals surface area contributed by atoms with Gasteiger partial charge in [0.15, 0.2) is 6.10 Å². The molecule has 27 heavy (non-hydrogen) atoms. The minimum absolute atomic E-state index is 0.186. The number of esters is 1. The van der Waals surface area contributed by atoms with Crippen molar-refractivity contribution in [1.29, 1.82) is 0 Å². The molecule has 0 aliphatic carbocycles. The molecule has 2 aromatic carbocycles. The zero-order chi connectivity index (χ0) is 19.3. The van der Waals surface area contributed by atoms with Crippen LogP contribution in [0.5, 0.6) is 5.88 Å². The molecule has 0 saturated carbocycles. The first-order valence-electron chi connectivity index (χ1n) is 8.35. The van der Waals surface area contributed by atoms with Crippen LogP contribution in [-0.2, 0) is 4.74 Å². The molecule has 7 heteroatoms. The fourth-order valence-electron chi connectivity index (χ4n) is 3.34. The third-order valence-corrected chi connectivity index (χ3v) is 4.89. The van der Waals surface area contributed by atoms with Gasteiger partial charge in [-0.3, -0.25) is 9.78 Å². The topological polar surface area (TPSA) is 101 Å². The molecule has 0 amide bonds. The van der Waals surface area contributed by atoms with Gasteiger partial charge in [0, 0.05) is 5.56 Å². The first kappa shape index (κ1) is 16.8. The van der Waals surface area contributed by atoms with Crippen LogP contribution in [0.15, 0.2) is 52.1 Å². The summed E-state index contributed by atoms with van der Waals surface area (Å²) in [5.41, 5.74) is 1.17. The van der Waals surface area contributed by atoms with Crippen molar-refractivity contribution in [2.24, 2.45) is 0 Å². The molecular weight excluding hydrogens is 348 g/mol. The molecule has 1 aromatic heterocycles. The maximum absolute atomic E-state index is 12.5. The molecule has 0 bridgehead atoms. The van der Waals surface area contributed by atoms with Gasteiger partial charge >= 0.3 is 11.7 Å². The van der Waals surface area contributed by atoms with E-state index in [2.05, 4.69) is 4.98 Å². The van der Waals surface area contributed by atoms with E-state index >= 15 is 0 Å².